The predicted octanol–water partition coefficient (Wildman–Crippen LogP) is 3.93. The molecule has 1 N–H and O–H groups in total. The minimum atomic E-state index is -0.893. The average Bonchev–Trinajstić information content (AvgIpc) is 3.47. The first-order valence-corrected chi connectivity index (χ1v) is 11.0. The first kappa shape index (κ1) is 20.1. The molecular formula is C22H19N7O2S. The molecular weight excluding hydrogens is 426 g/mol. The number of fused-ring (bicyclic) bond motifs is 1. The van der Waals surface area contributed by atoms with Crippen LogP contribution in [0.4, 0.5) is 4.79 Å². The highest BCUT2D eigenvalue weighted by Gasteiger charge is 2.25. The van der Waals surface area contributed by atoms with E-state index in [2.05, 4.69) is 21.3 Å². The SMILES string of the molecule is N#Cc1cnn2cc(-c3cnn([C@@H]4CCCN(C(=O)O)C4)c3)cc(Sc3ccccn3)c12. The van der Waals surface area contributed by atoms with Crippen LogP contribution in [0.2, 0.25) is 0 Å². The van der Waals surface area contributed by atoms with E-state index in [1.807, 2.05) is 41.3 Å². The lowest BCUT2D eigenvalue weighted by Gasteiger charge is -2.30. The molecule has 32 heavy (non-hydrogen) atoms. The first-order chi connectivity index (χ1) is 15.6. The standard InChI is InChI=1S/C22H19N7O2S/c23-9-16-10-26-29-12-15(8-19(21(16)29)32-20-5-1-2-6-24-20)17-11-25-28(13-17)18-4-3-7-27(14-18)22(30)31/h1-2,5-6,8,10-13,18H,3-4,7,14H2,(H,30,31)/t18-/m1/s1. The number of aromatic nitrogens is 5. The molecule has 1 amide bonds. The lowest BCUT2D eigenvalue weighted by Crippen LogP contribution is -2.39. The summed E-state index contributed by atoms with van der Waals surface area (Å²) in [4.78, 5) is 18.1. The Morgan fingerprint density at radius 1 is 1.22 bits per heavy atom. The van der Waals surface area contributed by atoms with Crippen molar-refractivity contribution in [1.29, 1.82) is 5.26 Å². The molecule has 9 nitrogen and oxygen atoms in total. The van der Waals surface area contributed by atoms with Crippen LogP contribution in [0.3, 0.4) is 0 Å². The molecule has 1 saturated heterocycles. The van der Waals surface area contributed by atoms with Gasteiger partial charge in [-0.3, -0.25) is 4.68 Å². The normalized spacial score (nSPS) is 16.2. The number of nitrogens with zero attached hydrogens (tertiary/aromatic N) is 7. The Morgan fingerprint density at radius 3 is 2.91 bits per heavy atom. The molecule has 4 aromatic rings. The van der Waals surface area contributed by atoms with Crippen molar-refractivity contribution >= 4 is 23.4 Å². The summed E-state index contributed by atoms with van der Waals surface area (Å²) in [5, 5.41) is 28.5. The average molecular weight is 446 g/mol. The number of amides is 1. The zero-order valence-electron chi connectivity index (χ0n) is 17.0. The maximum atomic E-state index is 11.4. The van der Waals surface area contributed by atoms with Crippen LogP contribution in [0.15, 0.2) is 65.2 Å². The second kappa shape index (κ2) is 8.36. The molecule has 0 radical (unpaired) electrons. The third-order valence-electron chi connectivity index (χ3n) is 5.53. The van der Waals surface area contributed by atoms with Gasteiger partial charge in [0, 0.05) is 47.7 Å². The molecule has 4 aromatic heterocycles. The molecule has 0 unspecified atom stereocenters. The van der Waals surface area contributed by atoms with Gasteiger partial charge in [0.05, 0.1) is 29.5 Å². The summed E-state index contributed by atoms with van der Waals surface area (Å²) in [6, 6.07) is 9.94. The van der Waals surface area contributed by atoms with Crippen molar-refractivity contribution in [3.63, 3.8) is 0 Å². The number of carboxylic acid groups (broad SMARTS) is 1. The largest absolute Gasteiger partial charge is 0.465 e. The Morgan fingerprint density at radius 2 is 2.12 bits per heavy atom. The van der Waals surface area contributed by atoms with E-state index < -0.39 is 6.09 Å². The highest BCUT2D eigenvalue weighted by atomic mass is 32.2. The van der Waals surface area contributed by atoms with Gasteiger partial charge in [-0.05, 0) is 31.0 Å². The second-order valence-electron chi connectivity index (χ2n) is 7.56. The number of carbonyl (C=O) groups is 1. The third-order valence-corrected chi connectivity index (χ3v) is 6.51. The Kier molecular flexibility index (Phi) is 5.25. The van der Waals surface area contributed by atoms with Gasteiger partial charge in [-0.25, -0.2) is 14.3 Å². The van der Waals surface area contributed by atoms with E-state index in [0.717, 1.165) is 39.4 Å². The topological polar surface area (TPSA) is 112 Å². The van der Waals surface area contributed by atoms with Crippen molar-refractivity contribution in [3.05, 3.63) is 60.8 Å². The van der Waals surface area contributed by atoms with Gasteiger partial charge in [0.2, 0.25) is 0 Å². The van der Waals surface area contributed by atoms with E-state index in [4.69, 9.17) is 0 Å². The zero-order valence-corrected chi connectivity index (χ0v) is 17.8. The van der Waals surface area contributed by atoms with Gasteiger partial charge in [0.25, 0.3) is 0 Å². The Labute approximate surface area is 187 Å². The number of pyridine rings is 2. The van der Waals surface area contributed by atoms with Crippen LogP contribution in [0.5, 0.6) is 0 Å². The fraction of sp³-hybridized carbons (Fsp3) is 0.227. The molecule has 0 aromatic carbocycles. The maximum absolute atomic E-state index is 11.4. The minimum Gasteiger partial charge on any atom is -0.465 e. The van der Waals surface area contributed by atoms with Crippen LogP contribution in [-0.2, 0) is 0 Å². The molecule has 1 atom stereocenters. The van der Waals surface area contributed by atoms with Crippen molar-refractivity contribution in [3.8, 4) is 17.2 Å². The number of nitriles is 1. The van der Waals surface area contributed by atoms with Gasteiger partial charge in [-0.2, -0.15) is 15.5 Å². The molecule has 0 bridgehead atoms. The van der Waals surface area contributed by atoms with E-state index in [0.29, 0.717) is 18.7 Å². The minimum absolute atomic E-state index is 0.00888. The van der Waals surface area contributed by atoms with E-state index in [1.54, 1.807) is 23.1 Å². The fourth-order valence-electron chi connectivity index (χ4n) is 3.95. The molecule has 0 spiro atoms. The van der Waals surface area contributed by atoms with E-state index in [-0.39, 0.29) is 6.04 Å². The summed E-state index contributed by atoms with van der Waals surface area (Å²) in [7, 11) is 0. The van der Waals surface area contributed by atoms with Crippen molar-refractivity contribution in [2.24, 2.45) is 0 Å². The number of hydrogen-bond donors (Lipinski definition) is 1. The van der Waals surface area contributed by atoms with Crippen LogP contribution in [0.25, 0.3) is 16.6 Å². The quantitative estimate of drug-likeness (QED) is 0.506. The van der Waals surface area contributed by atoms with Crippen LogP contribution in [-0.4, -0.2) is 53.6 Å². The van der Waals surface area contributed by atoms with Crippen molar-refractivity contribution in [2.75, 3.05) is 13.1 Å². The molecule has 5 rings (SSSR count). The van der Waals surface area contributed by atoms with Crippen molar-refractivity contribution in [1.82, 2.24) is 29.3 Å². The van der Waals surface area contributed by atoms with Crippen LogP contribution in [0.1, 0.15) is 24.4 Å². The van der Waals surface area contributed by atoms with Gasteiger partial charge >= 0.3 is 6.09 Å². The smallest absolute Gasteiger partial charge is 0.407 e. The summed E-state index contributed by atoms with van der Waals surface area (Å²) >= 11 is 1.48. The summed E-state index contributed by atoms with van der Waals surface area (Å²) in [6.45, 7) is 0.992. The molecule has 5 heterocycles. The third kappa shape index (κ3) is 3.78. The molecule has 0 saturated carbocycles. The Balaban J connectivity index is 1.51. The number of piperidine rings is 1. The monoisotopic (exact) mass is 445 g/mol. The fourth-order valence-corrected chi connectivity index (χ4v) is 4.92. The Bertz CT molecular complexity index is 1330. The molecule has 1 fully saturated rings. The highest BCUT2D eigenvalue weighted by Crippen LogP contribution is 2.35. The number of likely N-dealkylation sites (tertiary alicyclic amines) is 1. The summed E-state index contributed by atoms with van der Waals surface area (Å²) in [6.07, 6.45) is 9.71. The Hall–Kier alpha value is -3.84. The van der Waals surface area contributed by atoms with Gasteiger partial charge in [-0.15, -0.1) is 0 Å². The van der Waals surface area contributed by atoms with E-state index >= 15 is 0 Å². The predicted molar refractivity (Wildman–Crippen MR) is 117 cm³/mol. The molecule has 10 heteroatoms. The number of rotatable bonds is 4. The lowest BCUT2D eigenvalue weighted by atomic mass is 10.1. The van der Waals surface area contributed by atoms with Gasteiger partial charge in [0.1, 0.15) is 11.1 Å². The van der Waals surface area contributed by atoms with Crippen molar-refractivity contribution < 1.29 is 9.90 Å². The van der Waals surface area contributed by atoms with Gasteiger partial charge < -0.3 is 10.0 Å². The zero-order chi connectivity index (χ0) is 22.1. The van der Waals surface area contributed by atoms with Crippen molar-refractivity contribution in [2.45, 2.75) is 28.8 Å². The van der Waals surface area contributed by atoms with Crippen LogP contribution >= 0.6 is 11.8 Å². The summed E-state index contributed by atoms with van der Waals surface area (Å²) < 4.78 is 3.56. The van der Waals surface area contributed by atoms with Crippen LogP contribution in [0, 0.1) is 11.3 Å². The maximum Gasteiger partial charge on any atom is 0.407 e. The van der Waals surface area contributed by atoms with Gasteiger partial charge in [0.15, 0.2) is 0 Å². The van der Waals surface area contributed by atoms with E-state index in [1.165, 1.54) is 16.7 Å². The lowest BCUT2D eigenvalue weighted by molar-refractivity contribution is 0.119. The van der Waals surface area contributed by atoms with Gasteiger partial charge in [-0.1, -0.05) is 17.8 Å². The molecule has 1 aliphatic rings. The number of hydrogen-bond acceptors (Lipinski definition) is 6. The molecule has 160 valence electrons. The highest BCUT2D eigenvalue weighted by molar-refractivity contribution is 7.99. The second-order valence-corrected chi connectivity index (χ2v) is 8.62. The summed E-state index contributed by atoms with van der Waals surface area (Å²) in [5.41, 5.74) is 3.04. The summed E-state index contributed by atoms with van der Waals surface area (Å²) in [5.74, 6) is 0. The van der Waals surface area contributed by atoms with E-state index in [9.17, 15) is 15.2 Å². The molecule has 0 aliphatic carbocycles. The molecule has 1 aliphatic heterocycles. The first-order valence-electron chi connectivity index (χ1n) is 10.1. The van der Waals surface area contributed by atoms with Crippen LogP contribution < -0.4 is 0 Å².